The summed E-state index contributed by atoms with van der Waals surface area (Å²) in [5.41, 5.74) is 1.42. The van der Waals surface area contributed by atoms with Crippen LogP contribution in [-0.4, -0.2) is 35.1 Å². The lowest BCUT2D eigenvalue weighted by Crippen LogP contribution is -2.52. The van der Waals surface area contributed by atoms with Crippen LogP contribution in [0.25, 0.3) is 0 Å². The maximum atomic E-state index is 12.3. The third-order valence-electron chi connectivity index (χ3n) is 8.60. The molecule has 30 heavy (non-hydrogen) atoms. The van der Waals surface area contributed by atoms with Gasteiger partial charge in [-0.2, -0.15) is 0 Å². The summed E-state index contributed by atoms with van der Waals surface area (Å²) in [5, 5.41) is 0.442. The van der Waals surface area contributed by atoms with Crippen LogP contribution in [0.3, 0.4) is 0 Å². The van der Waals surface area contributed by atoms with Crippen LogP contribution in [0.5, 0.6) is 0 Å². The molecule has 0 radical (unpaired) electrons. The Balaban J connectivity index is 2.20. The van der Waals surface area contributed by atoms with Gasteiger partial charge in [-0.25, -0.2) is 0 Å². The van der Waals surface area contributed by atoms with Gasteiger partial charge in [0.15, 0.2) is 22.4 Å². The van der Waals surface area contributed by atoms with Crippen LogP contribution in [0.4, 0.5) is 0 Å². The number of ketones is 1. The Kier molecular flexibility index (Phi) is 7.77. The standard InChI is InChI=1S/C25H48O3Si2/c1-23(2,3)29(7,8)27-18-12-16-25-17-15-21(26)19-20(25)13-11-14-22(25)28-30(9,10)24(4,5)6/h19,22H,11-18H2,1-10H3/t22-,25-/m0/s1. The summed E-state index contributed by atoms with van der Waals surface area (Å²) in [6.07, 6.45) is 9.32. The Bertz CT molecular complexity index is 652. The van der Waals surface area contributed by atoms with Crippen molar-refractivity contribution in [2.24, 2.45) is 5.41 Å². The summed E-state index contributed by atoms with van der Waals surface area (Å²) >= 11 is 0. The average molecular weight is 453 g/mol. The maximum absolute atomic E-state index is 12.3. The summed E-state index contributed by atoms with van der Waals surface area (Å²) in [4.78, 5) is 12.3. The van der Waals surface area contributed by atoms with Crippen LogP contribution >= 0.6 is 0 Å². The van der Waals surface area contributed by atoms with Gasteiger partial charge in [0.05, 0.1) is 6.10 Å². The number of carbonyl (C=O) groups is 1. The van der Waals surface area contributed by atoms with Crippen LogP contribution < -0.4 is 0 Å². The molecule has 3 nitrogen and oxygen atoms in total. The number of fused-ring (bicyclic) bond motifs is 1. The average Bonchev–Trinajstić information content (AvgIpc) is 2.57. The molecule has 0 saturated heterocycles. The minimum atomic E-state index is -1.87. The van der Waals surface area contributed by atoms with Crippen molar-refractivity contribution in [2.45, 2.75) is 129 Å². The van der Waals surface area contributed by atoms with Crippen LogP contribution in [0, 0.1) is 5.41 Å². The van der Waals surface area contributed by atoms with Crippen molar-refractivity contribution in [1.82, 2.24) is 0 Å². The molecule has 2 rings (SSSR count). The van der Waals surface area contributed by atoms with E-state index in [0.717, 1.165) is 45.1 Å². The van der Waals surface area contributed by atoms with Gasteiger partial charge in [-0.3, -0.25) is 4.79 Å². The van der Waals surface area contributed by atoms with Gasteiger partial charge in [-0.1, -0.05) is 47.1 Å². The first-order valence-electron chi connectivity index (χ1n) is 12.1. The van der Waals surface area contributed by atoms with Gasteiger partial charge in [0.1, 0.15) is 0 Å². The molecule has 1 fully saturated rings. The zero-order valence-corrected chi connectivity index (χ0v) is 23.5. The van der Waals surface area contributed by atoms with Gasteiger partial charge in [0.25, 0.3) is 0 Å². The number of hydrogen-bond donors (Lipinski definition) is 0. The normalized spacial score (nSPS) is 26.4. The number of carbonyl (C=O) groups excluding carboxylic acids is 1. The van der Waals surface area contributed by atoms with E-state index < -0.39 is 16.6 Å². The van der Waals surface area contributed by atoms with Gasteiger partial charge in [0, 0.05) is 18.4 Å². The van der Waals surface area contributed by atoms with E-state index in [1.165, 1.54) is 5.57 Å². The summed E-state index contributed by atoms with van der Waals surface area (Å²) < 4.78 is 13.6. The fourth-order valence-electron chi connectivity index (χ4n) is 4.44. The largest absolute Gasteiger partial charge is 0.417 e. The van der Waals surface area contributed by atoms with E-state index in [0.29, 0.717) is 12.2 Å². The lowest BCUT2D eigenvalue weighted by atomic mass is 9.61. The third-order valence-corrected chi connectivity index (χ3v) is 17.6. The molecule has 0 aromatic rings. The van der Waals surface area contributed by atoms with E-state index >= 15 is 0 Å². The summed E-state index contributed by atoms with van der Waals surface area (Å²) in [7, 11) is -3.59. The van der Waals surface area contributed by atoms with Gasteiger partial charge in [0.2, 0.25) is 0 Å². The Hall–Kier alpha value is -0.236. The highest BCUT2D eigenvalue weighted by molar-refractivity contribution is 6.74. The smallest absolute Gasteiger partial charge is 0.192 e. The quantitative estimate of drug-likeness (QED) is 0.294. The Morgan fingerprint density at radius 3 is 2.17 bits per heavy atom. The fourth-order valence-corrected chi connectivity index (χ4v) is 6.94. The van der Waals surface area contributed by atoms with Gasteiger partial charge in [-0.15, -0.1) is 0 Å². The van der Waals surface area contributed by atoms with Crippen molar-refractivity contribution in [3.05, 3.63) is 11.6 Å². The van der Waals surface area contributed by atoms with Crippen LogP contribution in [-0.2, 0) is 13.6 Å². The lowest BCUT2D eigenvalue weighted by Gasteiger charge is -2.52. The van der Waals surface area contributed by atoms with Crippen LogP contribution in [0.2, 0.25) is 36.3 Å². The van der Waals surface area contributed by atoms with Gasteiger partial charge in [-0.05, 0) is 80.9 Å². The van der Waals surface area contributed by atoms with Crippen molar-refractivity contribution < 1.29 is 13.6 Å². The Morgan fingerprint density at radius 1 is 1.00 bits per heavy atom. The number of rotatable bonds is 7. The minimum absolute atomic E-state index is 0.0401. The Morgan fingerprint density at radius 2 is 1.60 bits per heavy atom. The van der Waals surface area contributed by atoms with Crippen molar-refractivity contribution in [2.75, 3.05) is 6.61 Å². The van der Waals surface area contributed by atoms with E-state index in [1.807, 2.05) is 6.08 Å². The van der Waals surface area contributed by atoms with E-state index in [1.54, 1.807) is 0 Å². The molecule has 0 unspecified atom stereocenters. The second-order valence-electron chi connectivity index (χ2n) is 12.8. The van der Waals surface area contributed by atoms with Crippen molar-refractivity contribution in [1.29, 1.82) is 0 Å². The first-order chi connectivity index (χ1) is 13.5. The predicted octanol–water partition coefficient (Wildman–Crippen LogP) is 7.64. The zero-order valence-electron chi connectivity index (χ0n) is 21.5. The lowest BCUT2D eigenvalue weighted by molar-refractivity contribution is -0.116. The molecule has 0 aromatic carbocycles. The molecule has 0 N–H and O–H groups in total. The van der Waals surface area contributed by atoms with Crippen molar-refractivity contribution in [3.8, 4) is 0 Å². The predicted molar refractivity (Wildman–Crippen MR) is 133 cm³/mol. The molecule has 0 spiro atoms. The highest BCUT2D eigenvalue weighted by Gasteiger charge is 2.50. The summed E-state index contributed by atoms with van der Waals surface area (Å²) in [6.45, 7) is 24.1. The summed E-state index contributed by atoms with van der Waals surface area (Å²) in [6, 6.07) is 0. The molecule has 0 heterocycles. The molecular formula is C25H48O3Si2. The molecule has 2 atom stereocenters. The highest BCUT2D eigenvalue weighted by atomic mass is 28.4. The van der Waals surface area contributed by atoms with Gasteiger partial charge < -0.3 is 8.85 Å². The van der Waals surface area contributed by atoms with E-state index in [2.05, 4.69) is 67.7 Å². The molecule has 0 bridgehead atoms. The van der Waals surface area contributed by atoms with Crippen LogP contribution in [0.1, 0.15) is 86.5 Å². The molecule has 1 saturated carbocycles. The molecule has 2 aliphatic rings. The second kappa shape index (κ2) is 8.95. The first kappa shape index (κ1) is 26.0. The summed E-state index contributed by atoms with van der Waals surface area (Å²) in [5.74, 6) is 0.311. The van der Waals surface area contributed by atoms with E-state index in [-0.39, 0.29) is 21.6 Å². The van der Waals surface area contributed by atoms with E-state index in [9.17, 15) is 4.79 Å². The van der Waals surface area contributed by atoms with Crippen molar-refractivity contribution in [3.63, 3.8) is 0 Å². The second-order valence-corrected chi connectivity index (χ2v) is 22.3. The molecule has 2 aliphatic carbocycles. The van der Waals surface area contributed by atoms with Gasteiger partial charge >= 0.3 is 0 Å². The SMILES string of the molecule is CC(C)(C)[Si](C)(C)OCCC[C@]12CCC(=O)C=C1CCC[C@@H]2O[Si](C)(C)C(C)(C)C. The molecule has 0 aliphatic heterocycles. The highest BCUT2D eigenvalue weighted by Crippen LogP contribution is 2.53. The fraction of sp³-hybridized carbons (Fsp3) is 0.880. The minimum Gasteiger partial charge on any atom is -0.417 e. The number of allylic oxidation sites excluding steroid dienone is 1. The molecule has 174 valence electrons. The van der Waals surface area contributed by atoms with Crippen molar-refractivity contribution >= 4 is 22.4 Å². The topological polar surface area (TPSA) is 35.5 Å². The van der Waals surface area contributed by atoms with E-state index in [4.69, 9.17) is 8.85 Å². The third kappa shape index (κ3) is 5.57. The Labute approximate surface area is 188 Å². The zero-order chi connectivity index (χ0) is 23.0. The van der Waals surface area contributed by atoms with Crippen LogP contribution in [0.15, 0.2) is 11.6 Å². The first-order valence-corrected chi connectivity index (χ1v) is 17.9. The molecule has 0 amide bonds. The maximum Gasteiger partial charge on any atom is 0.192 e. The molecular weight excluding hydrogens is 404 g/mol. The molecule has 5 heteroatoms. The molecule has 0 aromatic heterocycles. The number of hydrogen-bond acceptors (Lipinski definition) is 3. The monoisotopic (exact) mass is 452 g/mol.